The fourth-order valence-corrected chi connectivity index (χ4v) is 2.25. The predicted molar refractivity (Wildman–Crippen MR) is 64.9 cm³/mol. The predicted octanol–water partition coefficient (Wildman–Crippen LogP) is 3.26. The molecule has 0 fully saturated rings. The van der Waals surface area contributed by atoms with E-state index in [9.17, 15) is 0 Å². The first-order chi connectivity index (χ1) is 7.08. The molecule has 82 valence electrons. The van der Waals surface area contributed by atoms with Crippen LogP contribution < -0.4 is 10.5 Å². The second kappa shape index (κ2) is 4.14. The minimum atomic E-state index is 0.106. The van der Waals surface area contributed by atoms with Crippen molar-refractivity contribution in [1.82, 2.24) is 0 Å². The summed E-state index contributed by atoms with van der Waals surface area (Å²) in [5.74, 6) is 1.44. The lowest BCUT2D eigenvalue weighted by atomic mass is 9.92. The van der Waals surface area contributed by atoms with Gasteiger partial charge < -0.3 is 10.5 Å². The smallest absolute Gasteiger partial charge is 0.125 e. The summed E-state index contributed by atoms with van der Waals surface area (Å²) < 4.78 is 6.97. The van der Waals surface area contributed by atoms with Crippen LogP contribution in [-0.2, 0) is 0 Å². The van der Waals surface area contributed by atoms with E-state index in [1.54, 1.807) is 0 Å². The van der Waals surface area contributed by atoms with Crippen LogP contribution >= 0.6 is 15.9 Å². The molecule has 0 radical (unpaired) electrons. The van der Waals surface area contributed by atoms with E-state index in [0.29, 0.717) is 5.92 Å². The second-order valence-electron chi connectivity index (χ2n) is 4.42. The van der Waals surface area contributed by atoms with Crippen molar-refractivity contribution in [2.75, 3.05) is 0 Å². The first kappa shape index (κ1) is 11.0. The summed E-state index contributed by atoms with van der Waals surface area (Å²) in [5.41, 5.74) is 7.25. The lowest BCUT2D eigenvalue weighted by molar-refractivity contribution is 0.115. The molecule has 1 heterocycles. The van der Waals surface area contributed by atoms with Crippen molar-refractivity contribution in [2.45, 2.75) is 32.4 Å². The van der Waals surface area contributed by atoms with E-state index in [0.717, 1.165) is 22.2 Å². The SMILES string of the molecule is CC(C)C1C[C@@H](N)c2ccc(Br)cc2O1. The topological polar surface area (TPSA) is 35.2 Å². The van der Waals surface area contributed by atoms with Gasteiger partial charge in [0.05, 0.1) is 0 Å². The number of ether oxygens (including phenoxy) is 1. The summed E-state index contributed by atoms with van der Waals surface area (Å²) in [6.45, 7) is 4.33. The number of fused-ring (bicyclic) bond motifs is 1. The summed E-state index contributed by atoms with van der Waals surface area (Å²) in [5, 5.41) is 0. The first-order valence-corrected chi connectivity index (χ1v) is 6.09. The van der Waals surface area contributed by atoms with Crippen LogP contribution in [0.15, 0.2) is 22.7 Å². The average molecular weight is 270 g/mol. The van der Waals surface area contributed by atoms with Crippen LogP contribution in [0.2, 0.25) is 0 Å². The van der Waals surface area contributed by atoms with Crippen LogP contribution in [0.1, 0.15) is 31.9 Å². The Labute approximate surface area is 98.9 Å². The maximum atomic E-state index is 6.13. The van der Waals surface area contributed by atoms with Crippen LogP contribution in [-0.4, -0.2) is 6.10 Å². The van der Waals surface area contributed by atoms with Gasteiger partial charge in [0.2, 0.25) is 0 Å². The third-order valence-corrected chi connectivity index (χ3v) is 3.38. The Balaban J connectivity index is 2.33. The number of nitrogens with two attached hydrogens (primary N) is 1. The summed E-state index contributed by atoms with van der Waals surface area (Å²) in [6.07, 6.45) is 1.15. The van der Waals surface area contributed by atoms with E-state index >= 15 is 0 Å². The summed E-state index contributed by atoms with van der Waals surface area (Å²) in [6, 6.07) is 6.16. The van der Waals surface area contributed by atoms with Crippen molar-refractivity contribution in [3.05, 3.63) is 28.2 Å². The van der Waals surface area contributed by atoms with E-state index in [2.05, 4.69) is 29.8 Å². The quantitative estimate of drug-likeness (QED) is 0.850. The monoisotopic (exact) mass is 269 g/mol. The molecule has 2 N–H and O–H groups in total. The Morgan fingerprint density at radius 1 is 1.47 bits per heavy atom. The molecule has 0 spiro atoms. The van der Waals surface area contributed by atoms with Crippen molar-refractivity contribution in [2.24, 2.45) is 11.7 Å². The van der Waals surface area contributed by atoms with E-state index in [1.807, 2.05) is 18.2 Å². The van der Waals surface area contributed by atoms with Crippen LogP contribution in [0.3, 0.4) is 0 Å². The molecule has 1 aliphatic heterocycles. The Kier molecular flexibility index (Phi) is 3.03. The van der Waals surface area contributed by atoms with Gasteiger partial charge in [0, 0.05) is 22.5 Å². The Morgan fingerprint density at radius 2 is 2.20 bits per heavy atom. The second-order valence-corrected chi connectivity index (χ2v) is 5.34. The Hall–Kier alpha value is -0.540. The van der Waals surface area contributed by atoms with Crippen LogP contribution in [0.5, 0.6) is 5.75 Å². The first-order valence-electron chi connectivity index (χ1n) is 5.29. The maximum Gasteiger partial charge on any atom is 0.125 e. The highest BCUT2D eigenvalue weighted by molar-refractivity contribution is 9.10. The highest BCUT2D eigenvalue weighted by atomic mass is 79.9. The van der Waals surface area contributed by atoms with Gasteiger partial charge in [0.25, 0.3) is 0 Å². The van der Waals surface area contributed by atoms with Crippen LogP contribution in [0.25, 0.3) is 0 Å². The molecule has 1 aliphatic rings. The minimum Gasteiger partial charge on any atom is -0.490 e. The lowest BCUT2D eigenvalue weighted by Crippen LogP contribution is -2.33. The molecule has 1 aromatic rings. The van der Waals surface area contributed by atoms with Gasteiger partial charge in [0.1, 0.15) is 11.9 Å². The Morgan fingerprint density at radius 3 is 2.87 bits per heavy atom. The zero-order chi connectivity index (χ0) is 11.0. The molecule has 2 nitrogen and oxygen atoms in total. The molecule has 0 aliphatic carbocycles. The van der Waals surface area contributed by atoms with Gasteiger partial charge in [-0.1, -0.05) is 35.8 Å². The van der Waals surface area contributed by atoms with Crippen LogP contribution in [0.4, 0.5) is 0 Å². The van der Waals surface area contributed by atoms with E-state index in [1.165, 1.54) is 0 Å². The molecule has 0 saturated carbocycles. The Bertz CT molecular complexity index is 365. The summed E-state index contributed by atoms with van der Waals surface area (Å²) in [4.78, 5) is 0. The van der Waals surface area contributed by atoms with Crippen molar-refractivity contribution in [1.29, 1.82) is 0 Å². The molecule has 0 aromatic heterocycles. The van der Waals surface area contributed by atoms with Gasteiger partial charge in [-0.3, -0.25) is 0 Å². The minimum absolute atomic E-state index is 0.106. The number of hydrogen-bond acceptors (Lipinski definition) is 2. The van der Waals surface area contributed by atoms with Gasteiger partial charge >= 0.3 is 0 Å². The molecular formula is C12H16BrNO. The van der Waals surface area contributed by atoms with Crippen molar-refractivity contribution < 1.29 is 4.74 Å². The third-order valence-electron chi connectivity index (χ3n) is 2.88. The molecular weight excluding hydrogens is 254 g/mol. The summed E-state index contributed by atoms with van der Waals surface area (Å²) in [7, 11) is 0. The molecule has 0 bridgehead atoms. The molecule has 2 rings (SSSR count). The van der Waals surface area contributed by atoms with Gasteiger partial charge in [-0.15, -0.1) is 0 Å². The zero-order valence-corrected chi connectivity index (χ0v) is 10.6. The van der Waals surface area contributed by atoms with E-state index in [4.69, 9.17) is 10.5 Å². The van der Waals surface area contributed by atoms with Crippen molar-refractivity contribution >= 4 is 15.9 Å². The molecule has 3 heteroatoms. The highest BCUT2D eigenvalue weighted by Gasteiger charge is 2.27. The normalized spacial score (nSPS) is 24.9. The number of halogens is 1. The van der Waals surface area contributed by atoms with Crippen molar-refractivity contribution in [3.8, 4) is 5.75 Å². The van der Waals surface area contributed by atoms with Crippen LogP contribution in [0, 0.1) is 5.92 Å². The van der Waals surface area contributed by atoms with Gasteiger partial charge in [-0.05, 0) is 18.1 Å². The van der Waals surface area contributed by atoms with Gasteiger partial charge in [0.15, 0.2) is 0 Å². The van der Waals surface area contributed by atoms with E-state index < -0.39 is 0 Å². The molecule has 0 saturated heterocycles. The largest absolute Gasteiger partial charge is 0.490 e. The fourth-order valence-electron chi connectivity index (χ4n) is 1.91. The van der Waals surface area contributed by atoms with Crippen molar-refractivity contribution in [3.63, 3.8) is 0 Å². The molecule has 15 heavy (non-hydrogen) atoms. The van der Waals surface area contributed by atoms with Gasteiger partial charge in [-0.2, -0.15) is 0 Å². The zero-order valence-electron chi connectivity index (χ0n) is 9.03. The lowest BCUT2D eigenvalue weighted by Gasteiger charge is -2.32. The third kappa shape index (κ3) is 2.18. The number of hydrogen-bond donors (Lipinski definition) is 1. The highest BCUT2D eigenvalue weighted by Crippen LogP contribution is 2.36. The van der Waals surface area contributed by atoms with Gasteiger partial charge in [-0.25, -0.2) is 0 Å². The van der Waals surface area contributed by atoms with E-state index in [-0.39, 0.29) is 12.1 Å². The average Bonchev–Trinajstić information content (AvgIpc) is 2.16. The molecule has 1 unspecified atom stereocenters. The maximum absolute atomic E-state index is 6.13. The molecule has 0 amide bonds. The standard InChI is InChI=1S/C12H16BrNO/c1-7(2)11-6-10(14)9-4-3-8(13)5-12(9)15-11/h3-5,7,10-11H,6,14H2,1-2H3/t10-,11?/m1/s1. The summed E-state index contributed by atoms with van der Waals surface area (Å²) >= 11 is 3.45. The molecule has 2 atom stereocenters. The fraction of sp³-hybridized carbons (Fsp3) is 0.500. The number of benzene rings is 1. The molecule has 1 aromatic carbocycles. The number of rotatable bonds is 1.